The standard InChI is InChI=1S/C11H14N2OS/c12-8-11(4-2-5-14-9-11)13-7-10-3-1-6-15-10/h1,3,6,13H,2,4-5,7,9H2. The van der Waals surface area contributed by atoms with Gasteiger partial charge in [-0.1, -0.05) is 6.07 Å². The van der Waals surface area contributed by atoms with Crippen molar-refractivity contribution in [3.63, 3.8) is 0 Å². The fraction of sp³-hybridized carbons (Fsp3) is 0.545. The van der Waals surface area contributed by atoms with Crippen molar-refractivity contribution >= 4 is 11.3 Å². The lowest BCUT2D eigenvalue weighted by Gasteiger charge is -2.31. The molecule has 1 atom stereocenters. The summed E-state index contributed by atoms with van der Waals surface area (Å²) in [4.78, 5) is 1.26. The van der Waals surface area contributed by atoms with E-state index in [4.69, 9.17) is 4.74 Å². The molecule has 1 aliphatic heterocycles. The van der Waals surface area contributed by atoms with Crippen molar-refractivity contribution in [1.82, 2.24) is 5.32 Å². The highest BCUT2D eigenvalue weighted by molar-refractivity contribution is 7.09. The van der Waals surface area contributed by atoms with E-state index in [9.17, 15) is 5.26 Å². The molecule has 1 aromatic rings. The smallest absolute Gasteiger partial charge is 0.130 e. The molecule has 0 spiro atoms. The van der Waals surface area contributed by atoms with Crippen LogP contribution >= 0.6 is 11.3 Å². The minimum absolute atomic E-state index is 0.470. The molecule has 0 aliphatic carbocycles. The number of thiophene rings is 1. The molecule has 1 unspecified atom stereocenters. The number of rotatable bonds is 3. The van der Waals surface area contributed by atoms with Crippen LogP contribution < -0.4 is 5.32 Å². The third-order valence-electron chi connectivity index (χ3n) is 2.64. The molecular formula is C11H14N2OS. The van der Waals surface area contributed by atoms with Gasteiger partial charge in [-0.15, -0.1) is 11.3 Å². The second-order valence-electron chi connectivity index (χ2n) is 3.78. The Hall–Kier alpha value is -0.890. The average molecular weight is 222 g/mol. The van der Waals surface area contributed by atoms with E-state index in [0.717, 1.165) is 26.0 Å². The van der Waals surface area contributed by atoms with E-state index >= 15 is 0 Å². The Morgan fingerprint density at radius 2 is 2.60 bits per heavy atom. The van der Waals surface area contributed by atoms with Gasteiger partial charge in [0.05, 0.1) is 12.7 Å². The van der Waals surface area contributed by atoms with Crippen molar-refractivity contribution in [3.05, 3.63) is 22.4 Å². The van der Waals surface area contributed by atoms with Crippen LogP contribution in [-0.4, -0.2) is 18.8 Å². The summed E-state index contributed by atoms with van der Waals surface area (Å²) in [6, 6.07) is 6.45. The van der Waals surface area contributed by atoms with Gasteiger partial charge >= 0.3 is 0 Å². The summed E-state index contributed by atoms with van der Waals surface area (Å²) in [7, 11) is 0. The highest BCUT2D eigenvalue weighted by Crippen LogP contribution is 2.19. The molecule has 1 fully saturated rings. The van der Waals surface area contributed by atoms with E-state index < -0.39 is 5.54 Å². The summed E-state index contributed by atoms with van der Waals surface area (Å²) in [5.74, 6) is 0. The highest BCUT2D eigenvalue weighted by atomic mass is 32.1. The largest absolute Gasteiger partial charge is 0.378 e. The van der Waals surface area contributed by atoms with Crippen molar-refractivity contribution in [2.75, 3.05) is 13.2 Å². The molecule has 2 heterocycles. The number of nitrogens with zero attached hydrogens (tertiary/aromatic N) is 1. The molecule has 15 heavy (non-hydrogen) atoms. The Bertz CT molecular complexity index is 336. The molecular weight excluding hydrogens is 208 g/mol. The van der Waals surface area contributed by atoms with E-state index in [-0.39, 0.29) is 0 Å². The Morgan fingerprint density at radius 3 is 3.20 bits per heavy atom. The lowest BCUT2D eigenvalue weighted by atomic mass is 9.94. The maximum absolute atomic E-state index is 9.18. The summed E-state index contributed by atoms with van der Waals surface area (Å²) in [5.41, 5.74) is -0.470. The van der Waals surface area contributed by atoms with Gasteiger partial charge < -0.3 is 4.74 Å². The van der Waals surface area contributed by atoms with E-state index in [1.54, 1.807) is 11.3 Å². The Morgan fingerprint density at radius 1 is 1.67 bits per heavy atom. The van der Waals surface area contributed by atoms with Crippen LogP contribution in [0.5, 0.6) is 0 Å². The molecule has 0 radical (unpaired) electrons. The Balaban J connectivity index is 1.93. The van der Waals surface area contributed by atoms with Crippen molar-refractivity contribution in [2.24, 2.45) is 0 Å². The van der Waals surface area contributed by atoms with E-state index in [1.165, 1.54) is 4.88 Å². The fourth-order valence-corrected chi connectivity index (χ4v) is 2.38. The summed E-state index contributed by atoms with van der Waals surface area (Å²) < 4.78 is 5.36. The van der Waals surface area contributed by atoms with Gasteiger partial charge in [0.2, 0.25) is 0 Å². The molecule has 3 nitrogen and oxygen atoms in total. The van der Waals surface area contributed by atoms with E-state index in [0.29, 0.717) is 6.61 Å². The first-order valence-electron chi connectivity index (χ1n) is 5.11. The Kier molecular flexibility index (Phi) is 3.37. The topological polar surface area (TPSA) is 45.0 Å². The van der Waals surface area contributed by atoms with Gasteiger partial charge in [0, 0.05) is 18.0 Å². The van der Waals surface area contributed by atoms with Gasteiger partial charge in [-0.05, 0) is 24.3 Å². The van der Waals surface area contributed by atoms with Crippen molar-refractivity contribution < 1.29 is 4.74 Å². The van der Waals surface area contributed by atoms with E-state index in [2.05, 4.69) is 17.5 Å². The SMILES string of the molecule is N#CC1(NCc2cccs2)CCCOC1. The van der Waals surface area contributed by atoms with Crippen LogP contribution in [0.4, 0.5) is 0 Å². The van der Waals surface area contributed by atoms with Crippen LogP contribution in [0.2, 0.25) is 0 Å². The Labute approximate surface area is 93.7 Å². The third kappa shape index (κ3) is 2.57. The molecule has 1 aliphatic rings. The maximum atomic E-state index is 9.18. The zero-order valence-corrected chi connectivity index (χ0v) is 9.35. The first-order valence-corrected chi connectivity index (χ1v) is 5.99. The van der Waals surface area contributed by atoms with Gasteiger partial charge in [0.1, 0.15) is 5.54 Å². The van der Waals surface area contributed by atoms with Gasteiger partial charge in [0.15, 0.2) is 0 Å². The number of hydrogen-bond donors (Lipinski definition) is 1. The molecule has 2 rings (SSSR count). The molecule has 0 aromatic carbocycles. The van der Waals surface area contributed by atoms with Gasteiger partial charge in [-0.25, -0.2) is 0 Å². The predicted octanol–water partition coefficient (Wildman–Crippen LogP) is 1.91. The van der Waals surface area contributed by atoms with Crippen LogP contribution in [0.3, 0.4) is 0 Å². The lowest BCUT2D eigenvalue weighted by molar-refractivity contribution is 0.0436. The van der Waals surface area contributed by atoms with Gasteiger partial charge in [0.25, 0.3) is 0 Å². The predicted molar refractivity (Wildman–Crippen MR) is 59.6 cm³/mol. The number of hydrogen-bond acceptors (Lipinski definition) is 4. The number of ether oxygens (including phenoxy) is 1. The van der Waals surface area contributed by atoms with Crippen LogP contribution in [0.25, 0.3) is 0 Å². The fourth-order valence-electron chi connectivity index (χ4n) is 1.73. The quantitative estimate of drug-likeness (QED) is 0.849. The summed E-state index contributed by atoms with van der Waals surface area (Å²) in [6.45, 7) is 2.05. The highest BCUT2D eigenvalue weighted by Gasteiger charge is 2.32. The van der Waals surface area contributed by atoms with Crippen LogP contribution in [0.1, 0.15) is 17.7 Å². The normalized spacial score (nSPS) is 26.1. The zero-order valence-electron chi connectivity index (χ0n) is 8.53. The van der Waals surface area contributed by atoms with Crippen LogP contribution in [0, 0.1) is 11.3 Å². The minimum atomic E-state index is -0.470. The maximum Gasteiger partial charge on any atom is 0.130 e. The molecule has 1 saturated heterocycles. The van der Waals surface area contributed by atoms with Gasteiger partial charge in [-0.2, -0.15) is 5.26 Å². The van der Waals surface area contributed by atoms with Crippen molar-refractivity contribution in [1.29, 1.82) is 5.26 Å². The van der Waals surface area contributed by atoms with Gasteiger partial charge in [-0.3, -0.25) is 5.32 Å². The molecule has 0 bridgehead atoms. The van der Waals surface area contributed by atoms with Crippen molar-refractivity contribution in [3.8, 4) is 6.07 Å². The van der Waals surface area contributed by atoms with Crippen molar-refractivity contribution in [2.45, 2.75) is 24.9 Å². The summed E-state index contributed by atoms with van der Waals surface area (Å²) in [6.07, 6.45) is 1.85. The second-order valence-corrected chi connectivity index (χ2v) is 4.82. The van der Waals surface area contributed by atoms with E-state index in [1.807, 2.05) is 11.4 Å². The molecule has 4 heteroatoms. The zero-order chi connectivity index (χ0) is 10.6. The number of nitrogens with one attached hydrogen (secondary N) is 1. The third-order valence-corrected chi connectivity index (χ3v) is 3.51. The monoisotopic (exact) mass is 222 g/mol. The summed E-state index contributed by atoms with van der Waals surface area (Å²) in [5, 5.41) is 14.5. The molecule has 0 saturated carbocycles. The molecule has 1 N–H and O–H groups in total. The first kappa shape index (κ1) is 10.6. The van der Waals surface area contributed by atoms with Crippen LogP contribution in [0.15, 0.2) is 17.5 Å². The summed E-state index contributed by atoms with van der Waals surface area (Å²) >= 11 is 1.71. The van der Waals surface area contributed by atoms with Crippen LogP contribution in [-0.2, 0) is 11.3 Å². The second kappa shape index (κ2) is 4.75. The average Bonchev–Trinajstić information content (AvgIpc) is 2.81. The molecule has 1 aromatic heterocycles. The first-order chi connectivity index (χ1) is 7.35. The molecule has 80 valence electrons. The molecule has 0 amide bonds. The number of nitriles is 1. The lowest BCUT2D eigenvalue weighted by Crippen LogP contribution is -2.49. The minimum Gasteiger partial charge on any atom is -0.378 e.